The van der Waals surface area contributed by atoms with Crippen LogP contribution in [0.1, 0.15) is 22.8 Å². The highest BCUT2D eigenvalue weighted by Gasteiger charge is 2.16. The summed E-state index contributed by atoms with van der Waals surface area (Å²) in [6, 6.07) is 18.8. The maximum Gasteiger partial charge on any atom is 0.255 e. The van der Waals surface area contributed by atoms with Gasteiger partial charge >= 0.3 is 0 Å². The summed E-state index contributed by atoms with van der Waals surface area (Å²) >= 11 is 2.12. The first-order chi connectivity index (χ1) is 13.6. The van der Waals surface area contributed by atoms with E-state index < -0.39 is 0 Å². The Balaban J connectivity index is 1.83. The van der Waals surface area contributed by atoms with Crippen LogP contribution in [0.2, 0.25) is 0 Å². The van der Waals surface area contributed by atoms with Crippen molar-refractivity contribution in [2.24, 2.45) is 0 Å². The Labute approximate surface area is 176 Å². The second-order valence-electron chi connectivity index (χ2n) is 5.95. The van der Waals surface area contributed by atoms with Crippen LogP contribution >= 0.6 is 22.6 Å². The van der Waals surface area contributed by atoms with E-state index in [2.05, 4.69) is 27.9 Å². The maximum atomic E-state index is 13.1. The summed E-state index contributed by atoms with van der Waals surface area (Å²) in [5.41, 5.74) is 1.96. The number of ether oxygens (including phenoxy) is 2. The highest BCUT2D eigenvalue weighted by atomic mass is 127. The van der Waals surface area contributed by atoms with Crippen LogP contribution in [-0.2, 0) is 6.61 Å². The number of hydrogen-bond acceptors (Lipinski definition) is 3. The summed E-state index contributed by atoms with van der Waals surface area (Å²) in [4.78, 5) is 12.6. The van der Waals surface area contributed by atoms with Gasteiger partial charge in [0.2, 0.25) is 0 Å². The van der Waals surface area contributed by atoms with Gasteiger partial charge < -0.3 is 14.8 Å². The lowest BCUT2D eigenvalue weighted by Crippen LogP contribution is -2.13. The van der Waals surface area contributed by atoms with Gasteiger partial charge in [-0.3, -0.25) is 4.79 Å². The molecule has 0 spiro atoms. The molecule has 0 unspecified atom stereocenters. The van der Waals surface area contributed by atoms with Crippen LogP contribution in [0.4, 0.5) is 10.1 Å². The number of carbonyl (C=O) groups is 1. The van der Waals surface area contributed by atoms with Gasteiger partial charge in [-0.1, -0.05) is 30.3 Å². The van der Waals surface area contributed by atoms with Crippen LogP contribution in [0.5, 0.6) is 11.5 Å². The molecule has 1 N–H and O–H groups in total. The molecule has 6 heteroatoms. The molecule has 3 aromatic carbocycles. The molecule has 0 heterocycles. The van der Waals surface area contributed by atoms with Gasteiger partial charge in [-0.25, -0.2) is 4.39 Å². The van der Waals surface area contributed by atoms with E-state index in [1.165, 1.54) is 24.3 Å². The summed E-state index contributed by atoms with van der Waals surface area (Å²) < 4.78 is 25.5. The van der Waals surface area contributed by atoms with Gasteiger partial charge in [0.25, 0.3) is 5.91 Å². The monoisotopic (exact) mass is 491 g/mol. The average Bonchev–Trinajstić information content (AvgIpc) is 2.70. The number of halogens is 2. The van der Waals surface area contributed by atoms with E-state index in [1.54, 1.807) is 12.1 Å². The smallest absolute Gasteiger partial charge is 0.255 e. The first kappa shape index (κ1) is 20.1. The molecule has 0 aliphatic heterocycles. The van der Waals surface area contributed by atoms with Crippen molar-refractivity contribution in [1.29, 1.82) is 0 Å². The Morgan fingerprint density at radius 3 is 2.43 bits per heavy atom. The molecule has 3 rings (SSSR count). The molecular formula is C22H19FINO3. The second-order valence-corrected chi connectivity index (χ2v) is 7.12. The van der Waals surface area contributed by atoms with E-state index in [1.807, 2.05) is 37.3 Å². The van der Waals surface area contributed by atoms with Crippen molar-refractivity contribution < 1.29 is 18.7 Å². The van der Waals surface area contributed by atoms with Crippen LogP contribution in [0, 0.1) is 9.39 Å². The van der Waals surface area contributed by atoms with Crippen molar-refractivity contribution in [3.8, 4) is 11.5 Å². The minimum Gasteiger partial charge on any atom is -0.489 e. The fourth-order valence-corrected chi connectivity index (χ4v) is 3.32. The predicted molar refractivity (Wildman–Crippen MR) is 115 cm³/mol. The third-order valence-corrected chi connectivity index (χ3v) is 4.70. The van der Waals surface area contributed by atoms with Crippen molar-refractivity contribution in [3.05, 3.63) is 87.2 Å². The maximum absolute atomic E-state index is 13.1. The molecule has 0 fully saturated rings. The molecule has 0 saturated carbocycles. The zero-order valence-electron chi connectivity index (χ0n) is 15.2. The Morgan fingerprint density at radius 2 is 1.75 bits per heavy atom. The Bertz CT molecular complexity index is 946. The van der Waals surface area contributed by atoms with Crippen molar-refractivity contribution in [3.63, 3.8) is 0 Å². The Hall–Kier alpha value is -2.61. The molecule has 3 aromatic rings. The number of hydrogen-bond donors (Lipinski definition) is 1. The molecule has 4 nitrogen and oxygen atoms in total. The molecule has 0 aliphatic rings. The highest BCUT2D eigenvalue weighted by Crippen LogP contribution is 2.35. The first-order valence-corrected chi connectivity index (χ1v) is 9.84. The minimum atomic E-state index is -0.356. The van der Waals surface area contributed by atoms with Crippen LogP contribution < -0.4 is 14.8 Å². The molecule has 28 heavy (non-hydrogen) atoms. The van der Waals surface area contributed by atoms with Gasteiger partial charge in [0, 0.05) is 11.3 Å². The molecule has 0 radical (unpaired) electrons. The summed E-state index contributed by atoms with van der Waals surface area (Å²) in [7, 11) is 0. The van der Waals surface area contributed by atoms with Crippen LogP contribution in [0.25, 0.3) is 0 Å². The van der Waals surface area contributed by atoms with Crippen molar-refractivity contribution >= 4 is 34.2 Å². The molecule has 0 bridgehead atoms. The topological polar surface area (TPSA) is 47.6 Å². The van der Waals surface area contributed by atoms with E-state index in [0.29, 0.717) is 36.0 Å². The van der Waals surface area contributed by atoms with Crippen LogP contribution in [0.15, 0.2) is 66.7 Å². The van der Waals surface area contributed by atoms with E-state index >= 15 is 0 Å². The quantitative estimate of drug-likeness (QED) is 0.434. The van der Waals surface area contributed by atoms with E-state index in [4.69, 9.17) is 9.47 Å². The predicted octanol–water partition coefficient (Wildman–Crippen LogP) is 5.66. The number of amides is 1. The lowest BCUT2D eigenvalue weighted by Gasteiger charge is -2.15. The third kappa shape index (κ3) is 5.22. The fourth-order valence-electron chi connectivity index (χ4n) is 2.56. The standard InChI is InChI=1S/C22H19FINO3/c1-2-27-21-19(24)12-16(22(26)25-18-10-8-17(23)9-11-18)13-20(21)28-14-15-6-4-3-5-7-15/h3-13H,2,14H2,1H3,(H,25,26). The lowest BCUT2D eigenvalue weighted by atomic mass is 10.1. The number of nitrogens with one attached hydrogen (secondary N) is 1. The Morgan fingerprint density at radius 1 is 1.04 bits per heavy atom. The van der Waals surface area contributed by atoms with Crippen LogP contribution in [-0.4, -0.2) is 12.5 Å². The van der Waals surface area contributed by atoms with E-state index in [0.717, 1.165) is 9.13 Å². The zero-order valence-corrected chi connectivity index (χ0v) is 17.4. The number of benzene rings is 3. The molecule has 144 valence electrons. The summed E-state index contributed by atoms with van der Waals surface area (Å²) in [5, 5.41) is 2.76. The lowest BCUT2D eigenvalue weighted by molar-refractivity contribution is 0.102. The van der Waals surface area contributed by atoms with Crippen LogP contribution in [0.3, 0.4) is 0 Å². The van der Waals surface area contributed by atoms with Gasteiger partial charge in [-0.2, -0.15) is 0 Å². The number of rotatable bonds is 7. The minimum absolute atomic E-state index is 0.308. The Kier molecular flexibility index (Phi) is 6.86. The van der Waals surface area contributed by atoms with Crippen molar-refractivity contribution in [2.45, 2.75) is 13.5 Å². The molecule has 1 amide bonds. The normalized spacial score (nSPS) is 10.4. The molecule has 0 aromatic heterocycles. The molecule has 0 aliphatic carbocycles. The molecule has 0 atom stereocenters. The van der Waals surface area contributed by atoms with E-state index in [9.17, 15) is 9.18 Å². The highest BCUT2D eigenvalue weighted by molar-refractivity contribution is 14.1. The zero-order chi connectivity index (χ0) is 19.9. The second kappa shape index (κ2) is 9.54. The van der Waals surface area contributed by atoms with Gasteiger partial charge in [-0.15, -0.1) is 0 Å². The molecule has 0 saturated heterocycles. The first-order valence-electron chi connectivity index (χ1n) is 8.77. The fraction of sp³-hybridized carbons (Fsp3) is 0.136. The van der Waals surface area contributed by atoms with E-state index in [-0.39, 0.29) is 11.7 Å². The third-order valence-electron chi connectivity index (χ3n) is 3.90. The average molecular weight is 491 g/mol. The SMILES string of the molecule is CCOc1c(I)cc(C(=O)Nc2ccc(F)cc2)cc1OCc1ccccc1. The van der Waals surface area contributed by atoms with Crippen molar-refractivity contribution in [2.75, 3.05) is 11.9 Å². The van der Waals surface area contributed by atoms with Crippen molar-refractivity contribution in [1.82, 2.24) is 0 Å². The van der Waals surface area contributed by atoms with Gasteiger partial charge in [0.1, 0.15) is 12.4 Å². The summed E-state index contributed by atoms with van der Waals surface area (Å²) in [6.45, 7) is 2.74. The summed E-state index contributed by atoms with van der Waals surface area (Å²) in [6.07, 6.45) is 0. The van der Waals surface area contributed by atoms with Gasteiger partial charge in [0.15, 0.2) is 11.5 Å². The van der Waals surface area contributed by atoms with Gasteiger partial charge in [0.05, 0.1) is 10.2 Å². The number of anilines is 1. The number of carbonyl (C=O) groups excluding carboxylic acids is 1. The largest absolute Gasteiger partial charge is 0.489 e. The summed E-state index contributed by atoms with van der Waals surface area (Å²) in [5.74, 6) is 0.446. The molecular weight excluding hydrogens is 472 g/mol. The van der Waals surface area contributed by atoms with Gasteiger partial charge in [-0.05, 0) is 71.5 Å².